The van der Waals surface area contributed by atoms with E-state index in [-0.39, 0.29) is 5.91 Å². The summed E-state index contributed by atoms with van der Waals surface area (Å²) < 4.78 is 5.01. The third-order valence-corrected chi connectivity index (χ3v) is 4.76. The number of benzene rings is 2. The topological polar surface area (TPSA) is 46.6 Å². The highest BCUT2D eigenvalue weighted by molar-refractivity contribution is 6.30. The molecule has 0 bridgehead atoms. The van der Waals surface area contributed by atoms with Crippen molar-refractivity contribution in [3.8, 4) is 0 Å². The fraction of sp³-hybridized carbons (Fsp3) is 0.263. The molecule has 2 aromatic rings. The quantitative estimate of drug-likeness (QED) is 0.798. The average Bonchev–Trinajstić information content (AvgIpc) is 2.94. The number of nitrogens with zero attached hydrogens (tertiary/aromatic N) is 1. The van der Waals surface area contributed by atoms with Gasteiger partial charge in [-0.05, 0) is 36.2 Å². The molecule has 0 fully saturated rings. The van der Waals surface area contributed by atoms with Gasteiger partial charge in [-0.15, -0.1) is 0 Å². The molecule has 0 aromatic heterocycles. The molecule has 1 amide bonds. The molecular weight excluding hydrogens is 326 g/mol. The van der Waals surface area contributed by atoms with Crippen LogP contribution in [0.5, 0.6) is 0 Å². The highest BCUT2D eigenvalue weighted by Crippen LogP contribution is 2.32. The number of halogens is 1. The number of methoxy groups -OCH3 is 1. The monoisotopic (exact) mass is 343 g/mol. The fourth-order valence-electron chi connectivity index (χ4n) is 3.15. The predicted octanol–water partition coefficient (Wildman–Crippen LogP) is 3.47. The maximum absolute atomic E-state index is 12.8. The lowest BCUT2D eigenvalue weighted by atomic mass is 9.91. The molecule has 1 aliphatic rings. The molecule has 0 unspecified atom stereocenters. The molecule has 5 heteroatoms. The minimum Gasteiger partial charge on any atom is -0.467 e. The van der Waals surface area contributed by atoms with Gasteiger partial charge in [0.1, 0.15) is 5.54 Å². The van der Waals surface area contributed by atoms with Gasteiger partial charge in [0.05, 0.1) is 7.11 Å². The molecule has 0 saturated carbocycles. The van der Waals surface area contributed by atoms with Crippen molar-refractivity contribution in [1.29, 1.82) is 0 Å². The first-order chi connectivity index (χ1) is 11.5. The lowest BCUT2D eigenvalue weighted by Gasteiger charge is -2.36. The number of hydrogen-bond donors (Lipinski definition) is 0. The van der Waals surface area contributed by atoms with Gasteiger partial charge in [-0.1, -0.05) is 41.9 Å². The van der Waals surface area contributed by atoms with Gasteiger partial charge in [0.15, 0.2) is 0 Å². The van der Waals surface area contributed by atoms with Crippen molar-refractivity contribution in [3.05, 3.63) is 70.2 Å². The molecule has 0 aliphatic carbocycles. The normalized spacial score (nSPS) is 15.8. The van der Waals surface area contributed by atoms with Gasteiger partial charge in [0.25, 0.3) is 5.91 Å². The maximum atomic E-state index is 12.8. The number of amides is 1. The number of ether oxygens (including phenoxy) is 1. The number of esters is 1. The minimum absolute atomic E-state index is 0.146. The van der Waals surface area contributed by atoms with Gasteiger partial charge in [0, 0.05) is 23.6 Å². The highest BCUT2D eigenvalue weighted by atomic mass is 35.5. The summed E-state index contributed by atoms with van der Waals surface area (Å²) >= 11 is 5.93. The first-order valence-electron chi connectivity index (χ1n) is 7.68. The fourth-order valence-corrected chi connectivity index (χ4v) is 3.28. The Kier molecular flexibility index (Phi) is 4.33. The van der Waals surface area contributed by atoms with E-state index in [2.05, 4.69) is 0 Å². The second kappa shape index (κ2) is 6.29. The van der Waals surface area contributed by atoms with Crippen LogP contribution in [0.1, 0.15) is 28.4 Å². The Hall–Kier alpha value is -2.33. The Bertz CT molecular complexity index is 787. The molecule has 0 radical (unpaired) electrons. The van der Waals surface area contributed by atoms with E-state index in [9.17, 15) is 9.59 Å². The Morgan fingerprint density at radius 1 is 1.21 bits per heavy atom. The number of carbonyl (C=O) groups is 2. The molecule has 0 N–H and O–H groups in total. The molecule has 3 rings (SSSR count). The van der Waals surface area contributed by atoms with E-state index in [1.165, 1.54) is 7.11 Å². The Morgan fingerprint density at radius 2 is 1.88 bits per heavy atom. The van der Waals surface area contributed by atoms with Crippen LogP contribution in [0.25, 0.3) is 0 Å². The van der Waals surface area contributed by atoms with E-state index in [0.717, 1.165) is 11.1 Å². The standard InChI is InChI=1S/C19H18ClNO3/c1-19(18(23)24-2,11-13-7-9-15(20)10-8-13)21-12-14-5-3-4-6-16(14)17(21)22/h3-10H,11-12H2,1-2H3/t19-/m0/s1. The molecule has 24 heavy (non-hydrogen) atoms. The van der Waals surface area contributed by atoms with E-state index in [1.54, 1.807) is 30.0 Å². The van der Waals surface area contributed by atoms with Crippen LogP contribution in [-0.4, -0.2) is 29.4 Å². The van der Waals surface area contributed by atoms with Crippen LogP contribution in [0.2, 0.25) is 5.02 Å². The van der Waals surface area contributed by atoms with Crippen LogP contribution < -0.4 is 0 Å². The Balaban J connectivity index is 1.96. The molecule has 4 nitrogen and oxygen atoms in total. The SMILES string of the molecule is COC(=O)[C@](C)(Cc1ccc(Cl)cc1)N1Cc2ccccc2C1=O. The van der Waals surface area contributed by atoms with Crippen molar-refractivity contribution in [1.82, 2.24) is 4.90 Å². The molecule has 2 aromatic carbocycles. The smallest absolute Gasteiger partial charge is 0.331 e. The number of rotatable bonds is 4. The van der Waals surface area contributed by atoms with Crippen molar-refractivity contribution in [2.75, 3.05) is 7.11 Å². The molecule has 1 atom stereocenters. The van der Waals surface area contributed by atoms with Gasteiger partial charge >= 0.3 is 5.97 Å². The van der Waals surface area contributed by atoms with Crippen LogP contribution in [0, 0.1) is 0 Å². The van der Waals surface area contributed by atoms with Gasteiger partial charge in [0.2, 0.25) is 0 Å². The van der Waals surface area contributed by atoms with Gasteiger partial charge in [-0.3, -0.25) is 4.79 Å². The number of carbonyl (C=O) groups excluding carboxylic acids is 2. The second-order valence-corrected chi connectivity index (χ2v) is 6.55. The molecule has 1 aliphatic heterocycles. The minimum atomic E-state index is -1.08. The first kappa shape index (κ1) is 16.5. The summed E-state index contributed by atoms with van der Waals surface area (Å²) in [6.07, 6.45) is 0.358. The highest BCUT2D eigenvalue weighted by Gasteiger charge is 2.46. The number of fused-ring (bicyclic) bond motifs is 1. The van der Waals surface area contributed by atoms with Crippen molar-refractivity contribution >= 4 is 23.5 Å². The van der Waals surface area contributed by atoms with E-state index >= 15 is 0 Å². The Labute approximate surface area is 146 Å². The van der Waals surface area contributed by atoms with Gasteiger partial charge in [-0.25, -0.2) is 4.79 Å². The molecule has 124 valence electrons. The van der Waals surface area contributed by atoms with Crippen LogP contribution >= 0.6 is 11.6 Å². The summed E-state index contributed by atoms with van der Waals surface area (Å²) in [5, 5.41) is 0.628. The Morgan fingerprint density at radius 3 is 2.50 bits per heavy atom. The van der Waals surface area contributed by atoms with Crippen LogP contribution in [0.15, 0.2) is 48.5 Å². The third kappa shape index (κ3) is 2.78. The summed E-state index contributed by atoms with van der Waals surface area (Å²) in [6.45, 7) is 2.14. The van der Waals surface area contributed by atoms with E-state index in [1.807, 2.05) is 30.3 Å². The summed E-state index contributed by atoms with van der Waals surface area (Å²) in [5.41, 5.74) is 1.40. The molecule has 0 saturated heterocycles. The van der Waals surface area contributed by atoms with E-state index < -0.39 is 11.5 Å². The molecule has 0 spiro atoms. The summed E-state index contributed by atoms with van der Waals surface area (Å²) in [4.78, 5) is 26.9. The third-order valence-electron chi connectivity index (χ3n) is 4.50. The summed E-state index contributed by atoms with van der Waals surface area (Å²) in [7, 11) is 1.34. The van der Waals surface area contributed by atoms with E-state index in [0.29, 0.717) is 23.6 Å². The largest absolute Gasteiger partial charge is 0.467 e. The van der Waals surface area contributed by atoms with Crippen LogP contribution in [0.4, 0.5) is 0 Å². The van der Waals surface area contributed by atoms with Gasteiger partial charge < -0.3 is 9.64 Å². The first-order valence-corrected chi connectivity index (χ1v) is 8.06. The molecule has 1 heterocycles. The van der Waals surface area contributed by atoms with Crippen LogP contribution in [-0.2, 0) is 22.5 Å². The summed E-state index contributed by atoms with van der Waals surface area (Å²) in [6, 6.07) is 14.7. The summed E-state index contributed by atoms with van der Waals surface area (Å²) in [5.74, 6) is -0.578. The second-order valence-electron chi connectivity index (χ2n) is 6.12. The molecular formula is C19H18ClNO3. The van der Waals surface area contributed by atoms with Crippen molar-refractivity contribution in [3.63, 3.8) is 0 Å². The lowest BCUT2D eigenvalue weighted by Crippen LogP contribution is -2.54. The van der Waals surface area contributed by atoms with Crippen molar-refractivity contribution in [2.24, 2.45) is 0 Å². The zero-order chi connectivity index (χ0) is 17.3. The van der Waals surface area contributed by atoms with Crippen LogP contribution in [0.3, 0.4) is 0 Å². The zero-order valence-corrected chi connectivity index (χ0v) is 14.3. The van der Waals surface area contributed by atoms with Crippen molar-refractivity contribution < 1.29 is 14.3 Å². The van der Waals surface area contributed by atoms with Crippen molar-refractivity contribution in [2.45, 2.75) is 25.4 Å². The van der Waals surface area contributed by atoms with Gasteiger partial charge in [-0.2, -0.15) is 0 Å². The average molecular weight is 344 g/mol. The van der Waals surface area contributed by atoms with E-state index in [4.69, 9.17) is 16.3 Å². The number of hydrogen-bond acceptors (Lipinski definition) is 3. The zero-order valence-electron chi connectivity index (χ0n) is 13.6. The predicted molar refractivity (Wildman–Crippen MR) is 91.9 cm³/mol. The maximum Gasteiger partial charge on any atom is 0.331 e. The lowest BCUT2D eigenvalue weighted by molar-refractivity contribution is -0.152.